The van der Waals surface area contributed by atoms with Crippen molar-refractivity contribution >= 4 is 5.78 Å². The SMILES string of the molecule is C=CCCCCCC(=O)c1ncc(C)cn1. The molecule has 0 saturated heterocycles. The van der Waals surface area contributed by atoms with Crippen molar-refractivity contribution in [3.63, 3.8) is 0 Å². The van der Waals surface area contributed by atoms with Crippen LogP contribution in [0.25, 0.3) is 0 Å². The van der Waals surface area contributed by atoms with Crippen LogP contribution in [0.1, 0.15) is 48.3 Å². The number of hydrogen-bond donors (Lipinski definition) is 0. The molecule has 0 aliphatic carbocycles. The molecule has 86 valence electrons. The summed E-state index contributed by atoms with van der Waals surface area (Å²) in [5.41, 5.74) is 0.975. The molecule has 1 heterocycles. The predicted molar refractivity (Wildman–Crippen MR) is 64.4 cm³/mol. The van der Waals surface area contributed by atoms with Crippen LogP contribution in [0.4, 0.5) is 0 Å². The van der Waals surface area contributed by atoms with E-state index in [0.717, 1.165) is 31.2 Å². The van der Waals surface area contributed by atoms with Gasteiger partial charge in [-0.25, -0.2) is 9.97 Å². The standard InChI is InChI=1S/C13H18N2O/c1-3-4-5-6-7-8-12(16)13-14-9-11(2)10-15-13/h3,9-10H,1,4-8H2,2H3. The van der Waals surface area contributed by atoms with Crippen LogP contribution in [0.5, 0.6) is 0 Å². The molecule has 1 rings (SSSR count). The van der Waals surface area contributed by atoms with Gasteiger partial charge >= 0.3 is 0 Å². The zero-order valence-electron chi connectivity index (χ0n) is 9.78. The number of aromatic nitrogens is 2. The van der Waals surface area contributed by atoms with Crippen molar-refractivity contribution < 1.29 is 4.79 Å². The number of carbonyl (C=O) groups excluding carboxylic acids is 1. The first-order chi connectivity index (χ1) is 7.74. The minimum absolute atomic E-state index is 0.0404. The fourth-order valence-electron chi connectivity index (χ4n) is 1.40. The molecule has 0 amide bonds. The van der Waals surface area contributed by atoms with E-state index >= 15 is 0 Å². The van der Waals surface area contributed by atoms with Crippen LogP contribution in [0.2, 0.25) is 0 Å². The van der Waals surface area contributed by atoms with Crippen LogP contribution in [-0.4, -0.2) is 15.8 Å². The number of allylic oxidation sites excluding steroid dienone is 1. The molecule has 0 aliphatic heterocycles. The molecule has 0 N–H and O–H groups in total. The second kappa shape index (κ2) is 6.88. The summed E-state index contributed by atoms with van der Waals surface area (Å²) in [5.74, 6) is 0.382. The van der Waals surface area contributed by atoms with Gasteiger partial charge in [0.25, 0.3) is 0 Å². The maximum absolute atomic E-state index is 11.6. The number of aryl methyl sites for hydroxylation is 1. The summed E-state index contributed by atoms with van der Waals surface area (Å²) in [6.07, 6.45) is 9.90. The summed E-state index contributed by atoms with van der Waals surface area (Å²) < 4.78 is 0. The van der Waals surface area contributed by atoms with Crippen molar-refractivity contribution in [1.29, 1.82) is 0 Å². The molecular formula is C13H18N2O. The van der Waals surface area contributed by atoms with Gasteiger partial charge in [0.2, 0.25) is 0 Å². The van der Waals surface area contributed by atoms with E-state index in [4.69, 9.17) is 0 Å². The van der Waals surface area contributed by atoms with Crippen molar-refractivity contribution in [1.82, 2.24) is 9.97 Å². The van der Waals surface area contributed by atoms with Crippen molar-refractivity contribution in [2.45, 2.75) is 39.0 Å². The Kier molecular flexibility index (Phi) is 5.40. The number of ketones is 1. The Morgan fingerprint density at radius 1 is 1.31 bits per heavy atom. The summed E-state index contributed by atoms with van der Waals surface area (Å²) in [6, 6.07) is 0. The molecule has 16 heavy (non-hydrogen) atoms. The lowest BCUT2D eigenvalue weighted by Crippen LogP contribution is -2.05. The lowest BCUT2D eigenvalue weighted by molar-refractivity contribution is 0.0969. The third-order valence-electron chi connectivity index (χ3n) is 2.34. The van der Waals surface area contributed by atoms with Crippen LogP contribution >= 0.6 is 0 Å². The summed E-state index contributed by atoms with van der Waals surface area (Å²) in [4.78, 5) is 19.7. The summed E-state index contributed by atoms with van der Waals surface area (Å²) in [6.45, 7) is 5.57. The summed E-state index contributed by atoms with van der Waals surface area (Å²) in [5, 5.41) is 0. The predicted octanol–water partition coefficient (Wildman–Crippen LogP) is 3.10. The number of nitrogens with zero attached hydrogens (tertiary/aromatic N) is 2. The number of unbranched alkanes of at least 4 members (excludes halogenated alkanes) is 3. The molecule has 3 nitrogen and oxygen atoms in total. The largest absolute Gasteiger partial charge is 0.291 e. The fourth-order valence-corrected chi connectivity index (χ4v) is 1.40. The van der Waals surface area contributed by atoms with E-state index in [9.17, 15) is 4.79 Å². The van der Waals surface area contributed by atoms with Gasteiger partial charge in [0.15, 0.2) is 11.6 Å². The molecule has 1 aromatic heterocycles. The second-order valence-electron chi connectivity index (χ2n) is 3.90. The van der Waals surface area contributed by atoms with Gasteiger partial charge in [0.05, 0.1) is 0 Å². The Bertz CT molecular complexity index is 343. The Balaban J connectivity index is 2.29. The van der Waals surface area contributed by atoms with Crippen molar-refractivity contribution in [3.05, 3.63) is 36.4 Å². The molecular weight excluding hydrogens is 200 g/mol. The van der Waals surface area contributed by atoms with Crippen LogP contribution in [0.3, 0.4) is 0 Å². The normalized spacial score (nSPS) is 10.1. The summed E-state index contributed by atoms with van der Waals surface area (Å²) in [7, 11) is 0. The molecule has 0 aromatic carbocycles. The molecule has 0 unspecified atom stereocenters. The minimum Gasteiger partial charge on any atom is -0.291 e. The number of hydrogen-bond acceptors (Lipinski definition) is 3. The molecule has 0 saturated carbocycles. The van der Waals surface area contributed by atoms with Crippen molar-refractivity contribution in [2.75, 3.05) is 0 Å². The number of Topliss-reactive ketones (excluding diaryl/α,β-unsaturated/α-hetero) is 1. The quantitative estimate of drug-likeness (QED) is 0.401. The first kappa shape index (κ1) is 12.6. The zero-order valence-corrected chi connectivity index (χ0v) is 9.78. The van der Waals surface area contributed by atoms with Gasteiger partial charge in [-0.05, 0) is 31.7 Å². The molecule has 0 bridgehead atoms. The van der Waals surface area contributed by atoms with Crippen molar-refractivity contribution in [3.8, 4) is 0 Å². The Morgan fingerprint density at radius 2 is 2.00 bits per heavy atom. The highest BCUT2D eigenvalue weighted by molar-refractivity contribution is 5.92. The first-order valence-corrected chi connectivity index (χ1v) is 5.67. The highest BCUT2D eigenvalue weighted by atomic mass is 16.1. The molecule has 3 heteroatoms. The van der Waals surface area contributed by atoms with Crippen LogP contribution in [-0.2, 0) is 0 Å². The average Bonchev–Trinajstić information content (AvgIpc) is 2.29. The summed E-state index contributed by atoms with van der Waals surface area (Å²) >= 11 is 0. The maximum atomic E-state index is 11.6. The van der Waals surface area contributed by atoms with E-state index in [0.29, 0.717) is 12.2 Å². The van der Waals surface area contributed by atoms with Crippen LogP contribution < -0.4 is 0 Å². The van der Waals surface area contributed by atoms with Gasteiger partial charge in [-0.15, -0.1) is 6.58 Å². The van der Waals surface area contributed by atoms with Gasteiger partial charge in [-0.1, -0.05) is 12.5 Å². The highest BCUT2D eigenvalue weighted by Gasteiger charge is 2.07. The maximum Gasteiger partial charge on any atom is 0.200 e. The van der Waals surface area contributed by atoms with Gasteiger partial charge in [0, 0.05) is 18.8 Å². The Labute approximate surface area is 96.6 Å². The first-order valence-electron chi connectivity index (χ1n) is 5.67. The zero-order chi connectivity index (χ0) is 11.8. The molecule has 0 spiro atoms. The van der Waals surface area contributed by atoms with E-state index in [1.165, 1.54) is 0 Å². The lowest BCUT2D eigenvalue weighted by Gasteiger charge is -1.99. The van der Waals surface area contributed by atoms with Crippen LogP contribution in [0, 0.1) is 6.92 Å². The number of rotatable bonds is 7. The fraction of sp³-hybridized carbons (Fsp3) is 0.462. The monoisotopic (exact) mass is 218 g/mol. The molecule has 1 aromatic rings. The van der Waals surface area contributed by atoms with E-state index in [-0.39, 0.29) is 5.78 Å². The third kappa shape index (κ3) is 4.34. The van der Waals surface area contributed by atoms with Crippen LogP contribution in [0.15, 0.2) is 25.0 Å². The number of carbonyl (C=O) groups is 1. The molecule has 0 atom stereocenters. The van der Waals surface area contributed by atoms with E-state index in [1.54, 1.807) is 12.4 Å². The smallest absolute Gasteiger partial charge is 0.200 e. The van der Waals surface area contributed by atoms with Gasteiger partial charge in [-0.2, -0.15) is 0 Å². The Morgan fingerprint density at radius 3 is 2.62 bits per heavy atom. The lowest BCUT2D eigenvalue weighted by atomic mass is 10.1. The van der Waals surface area contributed by atoms with Crippen molar-refractivity contribution in [2.24, 2.45) is 0 Å². The van der Waals surface area contributed by atoms with Gasteiger partial charge < -0.3 is 0 Å². The van der Waals surface area contributed by atoms with E-state index < -0.39 is 0 Å². The topological polar surface area (TPSA) is 42.9 Å². The average molecular weight is 218 g/mol. The van der Waals surface area contributed by atoms with E-state index in [1.807, 2.05) is 13.0 Å². The molecule has 0 fully saturated rings. The third-order valence-corrected chi connectivity index (χ3v) is 2.34. The second-order valence-corrected chi connectivity index (χ2v) is 3.90. The minimum atomic E-state index is 0.0404. The molecule has 0 radical (unpaired) electrons. The van der Waals surface area contributed by atoms with Gasteiger partial charge in [-0.3, -0.25) is 4.79 Å². The van der Waals surface area contributed by atoms with E-state index in [2.05, 4.69) is 16.5 Å². The highest BCUT2D eigenvalue weighted by Crippen LogP contribution is 2.06. The van der Waals surface area contributed by atoms with Gasteiger partial charge in [0.1, 0.15) is 0 Å². The Hall–Kier alpha value is -1.51. The molecule has 0 aliphatic rings.